The van der Waals surface area contributed by atoms with Gasteiger partial charge in [0, 0.05) is 18.5 Å². The van der Waals surface area contributed by atoms with Gasteiger partial charge >= 0.3 is 0 Å². The molecular weight excluding hydrogens is 242 g/mol. The zero-order chi connectivity index (χ0) is 14.4. The second-order valence-electron chi connectivity index (χ2n) is 5.88. The van der Waals surface area contributed by atoms with E-state index in [-0.39, 0.29) is 24.6 Å². The minimum atomic E-state index is -0.0204. The van der Waals surface area contributed by atoms with E-state index in [1.54, 1.807) is 0 Å². The monoisotopic (exact) mass is 269 g/mol. The van der Waals surface area contributed by atoms with Crippen molar-refractivity contribution in [2.24, 2.45) is 16.8 Å². The average Bonchev–Trinajstić information content (AvgIpc) is 2.27. The van der Waals surface area contributed by atoms with Crippen molar-refractivity contribution in [1.29, 1.82) is 0 Å². The largest absolute Gasteiger partial charge is 0.384 e. The molecule has 0 saturated carbocycles. The summed E-state index contributed by atoms with van der Waals surface area (Å²) in [4.78, 5) is 19.1. The summed E-state index contributed by atoms with van der Waals surface area (Å²) in [5.41, 5.74) is 5.69. The number of likely N-dealkylation sites (tertiary alicyclic amines) is 1. The second kappa shape index (κ2) is 7.36. The van der Waals surface area contributed by atoms with Crippen LogP contribution in [0.3, 0.4) is 0 Å². The van der Waals surface area contributed by atoms with Crippen molar-refractivity contribution >= 4 is 11.7 Å². The number of amidine groups is 1. The standard InChI is InChI=1S/C14H27N3O2/c1-10(2)8-13(15)16-19-9-14(18)17-11(3)6-5-7-12(17)4/h10-12H,5-9H2,1-4H3,(H2,15,16)/t11-,12-/m0/s1. The Morgan fingerprint density at radius 2 is 1.95 bits per heavy atom. The Hall–Kier alpha value is -1.26. The van der Waals surface area contributed by atoms with Gasteiger partial charge in [-0.2, -0.15) is 0 Å². The first-order valence-corrected chi connectivity index (χ1v) is 7.17. The SMILES string of the molecule is CC(C)C/C(N)=N/OCC(=O)N1[C@@H](C)CCC[C@@H]1C. The molecule has 0 unspecified atom stereocenters. The fourth-order valence-corrected chi connectivity index (χ4v) is 2.61. The first-order valence-electron chi connectivity index (χ1n) is 7.17. The van der Waals surface area contributed by atoms with Crippen molar-refractivity contribution in [1.82, 2.24) is 4.90 Å². The van der Waals surface area contributed by atoms with E-state index < -0.39 is 0 Å². The third-order valence-electron chi connectivity index (χ3n) is 3.47. The summed E-state index contributed by atoms with van der Waals surface area (Å²) in [5.74, 6) is 0.883. The summed E-state index contributed by atoms with van der Waals surface area (Å²) in [7, 11) is 0. The van der Waals surface area contributed by atoms with Crippen LogP contribution in [-0.2, 0) is 9.63 Å². The van der Waals surface area contributed by atoms with Gasteiger partial charge in [0.1, 0.15) is 5.84 Å². The van der Waals surface area contributed by atoms with Crippen LogP contribution in [0.4, 0.5) is 0 Å². The predicted molar refractivity (Wildman–Crippen MR) is 76.7 cm³/mol. The number of nitrogens with two attached hydrogens (primary N) is 1. The van der Waals surface area contributed by atoms with Gasteiger partial charge < -0.3 is 15.5 Å². The Kier molecular flexibility index (Phi) is 6.12. The molecule has 1 saturated heterocycles. The van der Waals surface area contributed by atoms with Gasteiger partial charge in [-0.1, -0.05) is 19.0 Å². The highest BCUT2D eigenvalue weighted by Gasteiger charge is 2.28. The van der Waals surface area contributed by atoms with Crippen LogP contribution in [0.15, 0.2) is 5.16 Å². The van der Waals surface area contributed by atoms with Crippen molar-refractivity contribution in [2.75, 3.05) is 6.61 Å². The minimum Gasteiger partial charge on any atom is -0.384 e. The second-order valence-corrected chi connectivity index (χ2v) is 5.88. The van der Waals surface area contributed by atoms with Crippen LogP contribution in [-0.4, -0.2) is 35.3 Å². The van der Waals surface area contributed by atoms with Gasteiger partial charge in [-0.3, -0.25) is 4.79 Å². The van der Waals surface area contributed by atoms with Crippen molar-refractivity contribution in [3.63, 3.8) is 0 Å². The molecule has 2 N–H and O–H groups in total. The Bertz CT molecular complexity index is 319. The summed E-state index contributed by atoms with van der Waals surface area (Å²) in [6, 6.07) is 0.577. The Morgan fingerprint density at radius 3 is 2.47 bits per heavy atom. The Labute approximate surface area is 116 Å². The molecule has 110 valence electrons. The van der Waals surface area contributed by atoms with Gasteiger partial charge in [0.15, 0.2) is 6.61 Å². The lowest BCUT2D eigenvalue weighted by molar-refractivity contribution is -0.142. The molecule has 1 amide bonds. The lowest BCUT2D eigenvalue weighted by atomic mass is 9.97. The van der Waals surface area contributed by atoms with E-state index in [2.05, 4.69) is 32.9 Å². The maximum atomic E-state index is 12.1. The van der Waals surface area contributed by atoms with Crippen LogP contribution in [0, 0.1) is 5.92 Å². The normalized spacial score (nSPS) is 24.7. The van der Waals surface area contributed by atoms with Gasteiger partial charge in [-0.15, -0.1) is 0 Å². The first kappa shape index (κ1) is 15.8. The summed E-state index contributed by atoms with van der Waals surface area (Å²) in [6.45, 7) is 8.27. The number of rotatable bonds is 5. The topological polar surface area (TPSA) is 67.9 Å². The van der Waals surface area contributed by atoms with E-state index in [1.807, 2.05) is 4.90 Å². The molecule has 2 atom stereocenters. The van der Waals surface area contributed by atoms with Crippen LogP contribution in [0.5, 0.6) is 0 Å². The van der Waals surface area contributed by atoms with E-state index >= 15 is 0 Å². The molecule has 1 aliphatic heterocycles. The predicted octanol–water partition coefficient (Wildman–Crippen LogP) is 2.11. The average molecular weight is 269 g/mol. The van der Waals surface area contributed by atoms with Crippen molar-refractivity contribution in [3.8, 4) is 0 Å². The molecule has 0 aromatic carbocycles. The molecule has 0 radical (unpaired) electrons. The number of carbonyl (C=O) groups excluding carboxylic acids is 1. The molecule has 0 aromatic heterocycles. The van der Waals surface area contributed by atoms with E-state index in [4.69, 9.17) is 10.6 Å². The fourth-order valence-electron chi connectivity index (χ4n) is 2.61. The van der Waals surface area contributed by atoms with E-state index in [0.717, 1.165) is 12.8 Å². The number of nitrogens with zero attached hydrogens (tertiary/aromatic N) is 2. The van der Waals surface area contributed by atoms with Crippen LogP contribution < -0.4 is 5.73 Å². The molecule has 1 rings (SSSR count). The Balaban J connectivity index is 2.42. The van der Waals surface area contributed by atoms with Crippen LogP contribution in [0.1, 0.15) is 53.4 Å². The van der Waals surface area contributed by atoms with Crippen LogP contribution in [0.25, 0.3) is 0 Å². The van der Waals surface area contributed by atoms with Crippen molar-refractivity contribution < 1.29 is 9.63 Å². The highest BCUT2D eigenvalue weighted by Crippen LogP contribution is 2.22. The maximum Gasteiger partial charge on any atom is 0.263 e. The molecule has 1 heterocycles. The highest BCUT2D eigenvalue weighted by molar-refractivity contribution is 5.80. The molecule has 0 bridgehead atoms. The van der Waals surface area contributed by atoms with Gasteiger partial charge in [-0.25, -0.2) is 0 Å². The molecule has 5 heteroatoms. The molecule has 0 aliphatic carbocycles. The molecule has 1 aliphatic rings. The van der Waals surface area contributed by atoms with Crippen molar-refractivity contribution in [3.05, 3.63) is 0 Å². The van der Waals surface area contributed by atoms with Crippen molar-refractivity contribution in [2.45, 2.75) is 65.5 Å². The lowest BCUT2D eigenvalue weighted by Gasteiger charge is -2.38. The molecule has 19 heavy (non-hydrogen) atoms. The summed E-state index contributed by atoms with van der Waals surface area (Å²) < 4.78 is 0. The highest BCUT2D eigenvalue weighted by atomic mass is 16.6. The summed E-state index contributed by atoms with van der Waals surface area (Å²) >= 11 is 0. The summed E-state index contributed by atoms with van der Waals surface area (Å²) in [6.07, 6.45) is 4.00. The number of amides is 1. The number of hydrogen-bond acceptors (Lipinski definition) is 3. The molecule has 0 spiro atoms. The molecular formula is C14H27N3O2. The van der Waals surface area contributed by atoms with Crippen LogP contribution >= 0.6 is 0 Å². The number of oxime groups is 1. The number of hydrogen-bond donors (Lipinski definition) is 1. The minimum absolute atomic E-state index is 0.000738. The Morgan fingerprint density at radius 1 is 1.37 bits per heavy atom. The van der Waals surface area contributed by atoms with E-state index in [1.165, 1.54) is 6.42 Å². The van der Waals surface area contributed by atoms with Crippen LogP contribution in [0.2, 0.25) is 0 Å². The number of carbonyl (C=O) groups is 1. The summed E-state index contributed by atoms with van der Waals surface area (Å²) in [5, 5.41) is 3.80. The lowest BCUT2D eigenvalue weighted by Crippen LogP contribution is -2.48. The quantitative estimate of drug-likeness (QED) is 0.472. The third-order valence-corrected chi connectivity index (χ3v) is 3.47. The van der Waals surface area contributed by atoms with E-state index in [9.17, 15) is 4.79 Å². The fraction of sp³-hybridized carbons (Fsp3) is 0.857. The first-order chi connectivity index (χ1) is 8.91. The smallest absolute Gasteiger partial charge is 0.263 e. The van der Waals surface area contributed by atoms with Gasteiger partial charge in [0.25, 0.3) is 5.91 Å². The van der Waals surface area contributed by atoms with Gasteiger partial charge in [0.05, 0.1) is 0 Å². The van der Waals surface area contributed by atoms with Gasteiger partial charge in [0.2, 0.25) is 0 Å². The van der Waals surface area contributed by atoms with E-state index in [0.29, 0.717) is 18.2 Å². The molecule has 0 aromatic rings. The van der Waals surface area contributed by atoms with Gasteiger partial charge in [-0.05, 0) is 39.0 Å². The zero-order valence-electron chi connectivity index (χ0n) is 12.6. The third kappa shape index (κ3) is 5.09. The number of piperidine rings is 1. The molecule has 5 nitrogen and oxygen atoms in total. The zero-order valence-corrected chi connectivity index (χ0v) is 12.6. The maximum absolute atomic E-state index is 12.1. The molecule has 1 fully saturated rings.